The van der Waals surface area contributed by atoms with Crippen molar-refractivity contribution in [1.29, 1.82) is 0 Å². The van der Waals surface area contributed by atoms with E-state index < -0.39 is 7.26 Å². The van der Waals surface area contributed by atoms with Gasteiger partial charge in [-0.25, -0.2) is 4.79 Å². The van der Waals surface area contributed by atoms with Gasteiger partial charge in [-0.05, 0) is 6.92 Å². The first kappa shape index (κ1) is 24.7. The van der Waals surface area contributed by atoms with E-state index in [0.717, 1.165) is 6.16 Å². The van der Waals surface area contributed by atoms with Gasteiger partial charge >= 0.3 is 5.97 Å². The Morgan fingerprint density at radius 3 is 2.20 bits per heavy atom. The zero-order valence-electron chi connectivity index (χ0n) is 9.93. The molecule has 0 radical (unpaired) electrons. The normalized spacial score (nSPS) is 8.73. The van der Waals surface area contributed by atoms with Gasteiger partial charge in [0.1, 0.15) is 6.61 Å². The zero-order chi connectivity index (χ0) is 9.61. The summed E-state index contributed by atoms with van der Waals surface area (Å²) in [6.45, 7) is 10.6. The van der Waals surface area contributed by atoms with E-state index in [0.29, 0.717) is 6.61 Å². The maximum atomic E-state index is 10.7. The summed E-state index contributed by atoms with van der Waals surface area (Å²) in [5.74, 6) is -0.314. The Kier molecular flexibility index (Phi) is 20.8. The van der Waals surface area contributed by atoms with Crippen LogP contribution in [-0.4, -0.2) is 38.2 Å². The lowest BCUT2D eigenvalue weighted by atomic mass is 10.6. The van der Waals surface area contributed by atoms with Crippen LogP contribution in [0.2, 0.25) is 0 Å². The molecule has 0 amide bonds. The van der Waals surface area contributed by atoms with Crippen molar-refractivity contribution in [3.8, 4) is 0 Å². The van der Waals surface area contributed by atoms with Crippen LogP contribution in [0.3, 0.4) is 0 Å². The first-order valence-corrected chi connectivity index (χ1v) is 7.18. The fourth-order valence-electron chi connectivity index (χ4n) is 0.610. The van der Waals surface area contributed by atoms with E-state index in [2.05, 4.69) is 26.8 Å². The smallest absolute Gasteiger partial charge is 0.330 e. The van der Waals surface area contributed by atoms with Crippen LogP contribution in [0, 0.1) is 0 Å². The van der Waals surface area contributed by atoms with E-state index in [9.17, 15) is 4.79 Å². The summed E-state index contributed by atoms with van der Waals surface area (Å²) in [6.07, 6.45) is 3.43. The molecule has 0 aliphatic rings. The standard InChI is InChI=1S/C9H18O2P.2BrH.H3N/c1-5-9(10)11-7-8-12(3,4)6-2;;;/h5H,1,6-8H2,2-4H3;2*1H;1H3/q+1;;;/p-1. The lowest BCUT2D eigenvalue weighted by Gasteiger charge is -2.14. The largest absolute Gasteiger partial charge is 1.00 e. The molecule has 0 bridgehead atoms. The summed E-state index contributed by atoms with van der Waals surface area (Å²) >= 11 is 0. The molecule has 0 aromatic carbocycles. The molecule has 0 saturated heterocycles. The molecule has 0 aromatic heterocycles. The quantitative estimate of drug-likeness (QED) is 0.310. The Hall–Kier alpha value is 0.560. The van der Waals surface area contributed by atoms with Gasteiger partial charge in [0, 0.05) is 26.7 Å². The van der Waals surface area contributed by atoms with Crippen LogP contribution in [0.15, 0.2) is 12.7 Å². The van der Waals surface area contributed by atoms with Crippen LogP contribution in [0.25, 0.3) is 0 Å². The Labute approximate surface area is 114 Å². The zero-order valence-corrected chi connectivity index (χ0v) is 14.0. The lowest BCUT2D eigenvalue weighted by molar-refractivity contribution is -0.137. The average Bonchev–Trinajstić information content (AvgIpc) is 2.04. The minimum absolute atomic E-state index is 0. The number of esters is 1. The predicted molar refractivity (Wildman–Crippen MR) is 61.3 cm³/mol. The number of hydrogen-bond donors (Lipinski definition) is 1. The first-order valence-electron chi connectivity index (χ1n) is 4.13. The summed E-state index contributed by atoms with van der Waals surface area (Å²) in [7, 11) is -0.802. The molecule has 3 nitrogen and oxygen atoms in total. The van der Waals surface area contributed by atoms with Crippen molar-refractivity contribution in [3.05, 3.63) is 12.7 Å². The summed E-state index contributed by atoms with van der Waals surface area (Å²) in [5, 5.41) is 0. The molecule has 4 N–H and O–H groups in total. The molecule has 6 heteroatoms. The van der Waals surface area contributed by atoms with Crippen molar-refractivity contribution in [2.45, 2.75) is 6.92 Å². The molecule has 94 valence electrons. The van der Waals surface area contributed by atoms with Crippen molar-refractivity contribution < 1.29 is 43.5 Å². The Morgan fingerprint density at radius 1 is 1.40 bits per heavy atom. The van der Waals surface area contributed by atoms with Crippen molar-refractivity contribution >= 4 is 13.2 Å². The van der Waals surface area contributed by atoms with E-state index >= 15 is 0 Å². The molecule has 0 spiro atoms. The van der Waals surface area contributed by atoms with E-state index in [-0.39, 0.29) is 46.1 Å². The average molecular weight is 367 g/mol. The van der Waals surface area contributed by atoms with E-state index in [4.69, 9.17) is 4.74 Å². The SMILES string of the molecule is C=CC(=O)OCC[P+](C)(C)CC.[Br-].[Br-].[NH4+]. The molecule has 0 atom stereocenters. The maximum Gasteiger partial charge on any atom is 0.330 e. The van der Waals surface area contributed by atoms with Crippen molar-refractivity contribution in [1.82, 2.24) is 6.15 Å². The summed E-state index contributed by atoms with van der Waals surface area (Å²) in [4.78, 5) is 10.7. The third kappa shape index (κ3) is 14.6. The third-order valence-corrected chi connectivity index (χ3v) is 5.07. The highest BCUT2D eigenvalue weighted by atomic mass is 79.9. The monoisotopic (exact) mass is 365 g/mol. The summed E-state index contributed by atoms with van der Waals surface area (Å²) in [5.41, 5.74) is 0. The van der Waals surface area contributed by atoms with Crippen molar-refractivity contribution in [3.63, 3.8) is 0 Å². The van der Waals surface area contributed by atoms with Crippen LogP contribution in [0.1, 0.15) is 6.92 Å². The molecule has 0 heterocycles. The van der Waals surface area contributed by atoms with E-state index in [1.54, 1.807) is 0 Å². The Morgan fingerprint density at radius 2 is 1.87 bits per heavy atom. The highest BCUT2D eigenvalue weighted by Crippen LogP contribution is 2.49. The molecule has 0 unspecified atom stereocenters. The molecule has 0 aliphatic heterocycles. The number of quaternary nitrogens is 1. The first-order chi connectivity index (χ1) is 5.52. The Bertz CT molecular complexity index is 177. The van der Waals surface area contributed by atoms with Crippen LogP contribution in [0.5, 0.6) is 0 Å². The number of hydrogen-bond acceptors (Lipinski definition) is 2. The maximum absolute atomic E-state index is 10.7. The highest BCUT2D eigenvalue weighted by Gasteiger charge is 2.21. The fourth-order valence-corrected chi connectivity index (χ4v) is 1.51. The van der Waals surface area contributed by atoms with Gasteiger partial charge in [0.15, 0.2) is 0 Å². The summed E-state index contributed by atoms with van der Waals surface area (Å²) < 4.78 is 4.90. The van der Waals surface area contributed by atoms with E-state index in [1.165, 1.54) is 12.2 Å². The molecule has 0 rings (SSSR count). The van der Waals surface area contributed by atoms with Gasteiger partial charge in [0.2, 0.25) is 0 Å². The third-order valence-electron chi connectivity index (χ3n) is 1.96. The minimum Gasteiger partial charge on any atom is -1.00 e. The van der Waals surface area contributed by atoms with Gasteiger partial charge in [-0.3, -0.25) is 0 Å². The molecule has 0 fully saturated rings. The fraction of sp³-hybridized carbons (Fsp3) is 0.667. The number of carbonyl (C=O) groups excluding carboxylic acids is 1. The van der Waals surface area contributed by atoms with Gasteiger partial charge in [-0.15, -0.1) is 0 Å². The second-order valence-corrected chi connectivity index (χ2v) is 8.30. The van der Waals surface area contributed by atoms with Crippen molar-refractivity contribution in [2.75, 3.05) is 32.3 Å². The van der Waals surface area contributed by atoms with Crippen molar-refractivity contribution in [2.24, 2.45) is 0 Å². The van der Waals surface area contributed by atoms with E-state index in [1.807, 2.05) is 0 Å². The van der Waals surface area contributed by atoms with Crippen LogP contribution in [0.4, 0.5) is 0 Å². The molecule has 0 saturated carbocycles. The second-order valence-electron chi connectivity index (χ2n) is 3.35. The molecule has 0 aliphatic carbocycles. The van der Waals surface area contributed by atoms with Gasteiger partial charge in [-0.2, -0.15) is 0 Å². The van der Waals surface area contributed by atoms with Gasteiger partial charge in [-0.1, -0.05) is 6.58 Å². The second kappa shape index (κ2) is 12.6. The predicted octanol–water partition coefficient (Wildman–Crippen LogP) is -3.60. The van der Waals surface area contributed by atoms with Crippen LogP contribution in [-0.2, 0) is 9.53 Å². The molecular formula is C9H22Br2NO2P. The molecule has 15 heavy (non-hydrogen) atoms. The topological polar surface area (TPSA) is 62.8 Å². The summed E-state index contributed by atoms with van der Waals surface area (Å²) in [6, 6.07) is 0. The number of ether oxygens (including phenoxy) is 1. The van der Waals surface area contributed by atoms with Crippen LogP contribution >= 0.6 is 7.26 Å². The van der Waals surface area contributed by atoms with Gasteiger partial charge in [0.05, 0.1) is 12.3 Å². The van der Waals surface area contributed by atoms with Gasteiger partial charge in [0.25, 0.3) is 0 Å². The number of halogens is 2. The molecule has 0 aromatic rings. The minimum atomic E-state index is -0.802. The van der Waals surface area contributed by atoms with Crippen LogP contribution < -0.4 is 40.1 Å². The number of carbonyl (C=O) groups is 1. The molecular weight excluding hydrogens is 345 g/mol. The lowest BCUT2D eigenvalue weighted by Crippen LogP contribution is -3.00. The Balaban J connectivity index is -0.000000202. The number of rotatable bonds is 5. The van der Waals surface area contributed by atoms with Gasteiger partial charge < -0.3 is 44.9 Å². The highest BCUT2D eigenvalue weighted by molar-refractivity contribution is 7.74.